The largest absolute Gasteiger partial charge is 0.490 e. The number of carboxylic acids is 2. The van der Waals surface area contributed by atoms with Gasteiger partial charge >= 0.3 is 11.9 Å². The number of pyridine rings is 1. The van der Waals surface area contributed by atoms with Crippen molar-refractivity contribution in [1.82, 2.24) is 14.8 Å². The van der Waals surface area contributed by atoms with Gasteiger partial charge in [-0.3, -0.25) is 14.7 Å². The fraction of sp³-hybridized carbons (Fsp3) is 0.235. The van der Waals surface area contributed by atoms with Crippen LogP contribution in [0, 0.1) is 0 Å². The van der Waals surface area contributed by atoms with Gasteiger partial charge in [0.1, 0.15) is 18.5 Å². The summed E-state index contributed by atoms with van der Waals surface area (Å²) in [6, 6.07) is 29.6. The van der Waals surface area contributed by atoms with E-state index in [0.717, 1.165) is 40.9 Å². The van der Waals surface area contributed by atoms with Crippen LogP contribution < -0.4 is 4.74 Å². The van der Waals surface area contributed by atoms with E-state index in [2.05, 4.69) is 9.88 Å². The molecule has 3 aromatic carbocycles. The van der Waals surface area contributed by atoms with E-state index in [1.165, 1.54) is 0 Å². The molecule has 0 spiro atoms. The highest BCUT2D eigenvalue weighted by molar-refractivity contribution is 5.89. The molecule has 1 amide bonds. The number of carbonyl (C=O) groups is 3. The lowest BCUT2D eigenvalue weighted by Crippen LogP contribution is -2.52. The Morgan fingerprint density at radius 2 is 1.36 bits per heavy atom. The van der Waals surface area contributed by atoms with Crippen LogP contribution in [0.15, 0.2) is 109 Å². The summed E-state index contributed by atoms with van der Waals surface area (Å²) in [5, 5.41) is 27.2. The highest BCUT2D eigenvalue weighted by Crippen LogP contribution is 2.27. The molecule has 1 saturated heterocycles. The predicted octanol–water partition coefficient (Wildman–Crippen LogP) is 3.66. The number of aliphatic carboxylic acids is 2. The molecule has 0 aliphatic carbocycles. The van der Waals surface area contributed by atoms with Gasteiger partial charge in [0.15, 0.2) is 0 Å². The highest BCUT2D eigenvalue weighted by Gasteiger charge is 2.30. The summed E-state index contributed by atoms with van der Waals surface area (Å²) in [4.78, 5) is 41.2. The molecule has 0 saturated carbocycles. The summed E-state index contributed by atoms with van der Waals surface area (Å²) in [5.74, 6) is -1.98. The van der Waals surface area contributed by atoms with Gasteiger partial charge in [0.2, 0.25) is 5.91 Å². The average molecular weight is 598 g/mol. The maximum atomic E-state index is 13.6. The molecule has 3 N–H and O–H groups in total. The Bertz CT molecular complexity index is 1490. The van der Waals surface area contributed by atoms with Crippen LogP contribution in [0.2, 0.25) is 0 Å². The summed E-state index contributed by atoms with van der Waals surface area (Å²) in [7, 11) is 0. The minimum atomic E-state index is -1.26. The number of carbonyl (C=O) groups excluding carboxylic acids is 1. The number of amides is 1. The summed E-state index contributed by atoms with van der Waals surface area (Å²) in [6.45, 7) is 3.42. The number of aliphatic hydroxyl groups is 1. The first kappa shape index (κ1) is 31.9. The number of nitrogens with zero attached hydrogens (tertiary/aromatic N) is 3. The minimum Gasteiger partial charge on any atom is -0.490 e. The van der Waals surface area contributed by atoms with E-state index in [4.69, 9.17) is 14.9 Å². The Balaban J connectivity index is 0.000000488. The second-order valence-corrected chi connectivity index (χ2v) is 10.2. The third-order valence-electron chi connectivity index (χ3n) is 7.07. The Kier molecular flexibility index (Phi) is 11.6. The molecule has 4 aromatic rings. The fourth-order valence-corrected chi connectivity index (χ4v) is 4.98. The zero-order valence-corrected chi connectivity index (χ0v) is 24.1. The van der Waals surface area contributed by atoms with E-state index >= 15 is 0 Å². The number of benzene rings is 3. The minimum absolute atomic E-state index is 0.125. The van der Waals surface area contributed by atoms with E-state index in [0.29, 0.717) is 31.8 Å². The standard InChI is InChI=1S/C30H31N3O3.C4H4O4/c34-25(22-36-28-15-7-14-27-26(28)13-8-16-31-27)21-32-17-19-33(20-18-32)30(35)29(23-9-3-1-4-10-23)24-11-5-2-6-12-24;5-3(6)1-2-4(7)8/h1-16,25,29,34H,17-22H2;1-2H,(H,5,6)(H,7,8)/b;2-1+/t25-;/m1./s1. The van der Waals surface area contributed by atoms with Crippen LogP contribution in [-0.2, 0) is 14.4 Å². The number of piperazine rings is 1. The predicted molar refractivity (Wildman–Crippen MR) is 165 cm³/mol. The topological polar surface area (TPSA) is 140 Å². The smallest absolute Gasteiger partial charge is 0.328 e. The molecule has 2 heterocycles. The van der Waals surface area contributed by atoms with Crippen LogP contribution in [0.25, 0.3) is 10.9 Å². The first-order valence-corrected chi connectivity index (χ1v) is 14.2. The van der Waals surface area contributed by atoms with Crippen molar-refractivity contribution in [2.45, 2.75) is 12.0 Å². The van der Waals surface area contributed by atoms with Crippen molar-refractivity contribution in [2.75, 3.05) is 39.3 Å². The third kappa shape index (κ3) is 9.22. The van der Waals surface area contributed by atoms with Gasteiger partial charge in [-0.15, -0.1) is 0 Å². The van der Waals surface area contributed by atoms with E-state index in [-0.39, 0.29) is 18.4 Å². The van der Waals surface area contributed by atoms with Crippen molar-refractivity contribution >= 4 is 28.7 Å². The van der Waals surface area contributed by atoms with E-state index in [1.54, 1.807) is 6.20 Å². The van der Waals surface area contributed by atoms with Gasteiger partial charge < -0.3 is 25.0 Å². The molecule has 5 rings (SSSR count). The number of aliphatic hydroxyl groups excluding tert-OH is 1. The van der Waals surface area contributed by atoms with Gasteiger partial charge in [0.05, 0.1) is 11.4 Å². The zero-order valence-electron chi connectivity index (χ0n) is 24.1. The summed E-state index contributed by atoms with van der Waals surface area (Å²) in [5.41, 5.74) is 2.88. The number of carboxylic acid groups (broad SMARTS) is 2. The number of aromatic nitrogens is 1. The average Bonchev–Trinajstić information content (AvgIpc) is 3.04. The molecule has 1 aliphatic rings. The van der Waals surface area contributed by atoms with Crippen LogP contribution >= 0.6 is 0 Å². The Hall–Kier alpha value is -5.06. The second-order valence-electron chi connectivity index (χ2n) is 10.2. The van der Waals surface area contributed by atoms with Crippen molar-refractivity contribution in [3.05, 3.63) is 120 Å². The van der Waals surface area contributed by atoms with Gasteiger partial charge in [0, 0.05) is 56.5 Å². The van der Waals surface area contributed by atoms with Crippen molar-refractivity contribution in [2.24, 2.45) is 0 Å². The van der Waals surface area contributed by atoms with Crippen LogP contribution in [0.1, 0.15) is 17.0 Å². The molecule has 0 unspecified atom stereocenters. The molecular weight excluding hydrogens is 562 g/mol. The molecule has 10 nitrogen and oxygen atoms in total. The van der Waals surface area contributed by atoms with Gasteiger partial charge in [-0.05, 0) is 35.4 Å². The summed E-state index contributed by atoms with van der Waals surface area (Å²) < 4.78 is 5.93. The van der Waals surface area contributed by atoms with Crippen molar-refractivity contribution in [1.29, 1.82) is 0 Å². The normalized spacial score (nSPS) is 14.2. The lowest BCUT2D eigenvalue weighted by Gasteiger charge is -2.37. The van der Waals surface area contributed by atoms with E-state index < -0.39 is 18.0 Å². The summed E-state index contributed by atoms with van der Waals surface area (Å²) in [6.07, 6.45) is 2.25. The maximum absolute atomic E-state index is 13.6. The van der Waals surface area contributed by atoms with Crippen molar-refractivity contribution in [3.63, 3.8) is 0 Å². The van der Waals surface area contributed by atoms with Crippen molar-refractivity contribution < 1.29 is 34.4 Å². The number of ether oxygens (including phenoxy) is 1. The third-order valence-corrected chi connectivity index (χ3v) is 7.07. The number of rotatable bonds is 10. The molecule has 228 valence electrons. The number of β-amino-alcohol motifs (C(OH)–C–C–N with tert-alkyl or cyclic N) is 1. The lowest BCUT2D eigenvalue weighted by atomic mass is 9.90. The van der Waals surface area contributed by atoms with Gasteiger partial charge in [-0.1, -0.05) is 66.7 Å². The Morgan fingerprint density at radius 1 is 0.773 bits per heavy atom. The quantitative estimate of drug-likeness (QED) is 0.234. The summed E-state index contributed by atoms with van der Waals surface area (Å²) >= 11 is 0. The first-order chi connectivity index (χ1) is 21.3. The van der Waals surface area contributed by atoms with Crippen LogP contribution in [0.3, 0.4) is 0 Å². The molecule has 1 aromatic heterocycles. The Labute approximate surface area is 255 Å². The van der Waals surface area contributed by atoms with Crippen LogP contribution in [0.4, 0.5) is 0 Å². The lowest BCUT2D eigenvalue weighted by molar-refractivity contribution is -0.134. The molecule has 1 fully saturated rings. The number of hydrogen-bond donors (Lipinski definition) is 3. The van der Waals surface area contributed by atoms with Crippen molar-refractivity contribution in [3.8, 4) is 5.75 Å². The number of hydrogen-bond acceptors (Lipinski definition) is 7. The van der Waals surface area contributed by atoms with Gasteiger partial charge in [0.25, 0.3) is 0 Å². The first-order valence-electron chi connectivity index (χ1n) is 14.2. The molecule has 0 radical (unpaired) electrons. The SMILES string of the molecule is O=C(C(c1ccccc1)c1ccccc1)N1CCN(C[C@@H](O)COc2cccc3ncccc23)CC1.O=C(O)/C=C/C(=O)O. The molecular formula is C34H35N3O7. The highest BCUT2D eigenvalue weighted by atomic mass is 16.5. The molecule has 10 heteroatoms. The second kappa shape index (κ2) is 16.0. The van der Waals surface area contributed by atoms with E-state index in [1.807, 2.05) is 95.9 Å². The molecule has 1 aliphatic heterocycles. The number of fused-ring (bicyclic) bond motifs is 1. The zero-order chi connectivity index (χ0) is 31.3. The van der Waals surface area contributed by atoms with Crippen LogP contribution in [-0.4, -0.2) is 93.4 Å². The molecule has 1 atom stereocenters. The fourth-order valence-electron chi connectivity index (χ4n) is 4.98. The maximum Gasteiger partial charge on any atom is 0.328 e. The van der Waals surface area contributed by atoms with Gasteiger partial charge in [-0.2, -0.15) is 0 Å². The Morgan fingerprint density at radius 3 is 1.93 bits per heavy atom. The van der Waals surface area contributed by atoms with E-state index in [9.17, 15) is 19.5 Å². The molecule has 0 bridgehead atoms. The molecule has 44 heavy (non-hydrogen) atoms. The monoisotopic (exact) mass is 597 g/mol. The van der Waals surface area contributed by atoms with Crippen LogP contribution in [0.5, 0.6) is 5.75 Å². The van der Waals surface area contributed by atoms with Gasteiger partial charge in [-0.25, -0.2) is 9.59 Å².